The van der Waals surface area contributed by atoms with Gasteiger partial charge in [0.25, 0.3) is 0 Å². The molecule has 0 radical (unpaired) electrons. The molecule has 2 N–H and O–H groups in total. The minimum Gasteiger partial charge on any atom is -0.444 e. The summed E-state index contributed by atoms with van der Waals surface area (Å²) in [6, 6.07) is 2.25. The summed E-state index contributed by atoms with van der Waals surface area (Å²) < 4.78 is 4.58. The third kappa shape index (κ3) is 9.95. The zero-order valence-corrected chi connectivity index (χ0v) is 12.0. The van der Waals surface area contributed by atoms with Crippen LogP contribution in [-0.4, -0.2) is 11.7 Å². The maximum Gasteiger partial charge on any atom is 0.405 e. The molecule has 0 aliphatic heterocycles. The van der Waals surface area contributed by atoms with Gasteiger partial charge in [0.2, 0.25) is 0 Å². The normalized spacial score (nSPS) is 23.3. The molecule has 104 valence electrons. The van der Waals surface area contributed by atoms with Gasteiger partial charge in [-0.2, -0.15) is 5.26 Å². The van der Waals surface area contributed by atoms with E-state index in [1.165, 1.54) is 25.7 Å². The summed E-state index contributed by atoms with van der Waals surface area (Å²) in [5.74, 6) is 1.64. The molecule has 0 spiro atoms. The van der Waals surface area contributed by atoms with E-state index in [0.717, 1.165) is 18.3 Å². The summed E-state index contributed by atoms with van der Waals surface area (Å²) in [6.45, 7) is 7.59. The minimum atomic E-state index is -0.725. The van der Waals surface area contributed by atoms with Gasteiger partial charge < -0.3 is 10.5 Å². The van der Waals surface area contributed by atoms with Crippen LogP contribution in [0.4, 0.5) is 4.79 Å². The fraction of sp³-hybridized carbons (Fsp3) is 0.857. The topological polar surface area (TPSA) is 76.1 Å². The number of carbonyl (C=O) groups is 1. The SMILES string of the molecule is CC(C)(C)OC(N)=O.CC1CCC(CC#N)CC1. The fourth-order valence-corrected chi connectivity index (χ4v) is 1.96. The van der Waals surface area contributed by atoms with E-state index < -0.39 is 11.7 Å². The maximum absolute atomic E-state index is 10.0. The smallest absolute Gasteiger partial charge is 0.405 e. The number of carbonyl (C=O) groups excluding carboxylic acids is 1. The molecule has 0 aromatic heterocycles. The van der Waals surface area contributed by atoms with Crippen molar-refractivity contribution in [3.8, 4) is 6.07 Å². The van der Waals surface area contributed by atoms with Crippen LogP contribution in [0, 0.1) is 23.2 Å². The first-order valence-electron chi connectivity index (χ1n) is 6.60. The Balaban J connectivity index is 0.000000331. The molecule has 1 aliphatic carbocycles. The van der Waals surface area contributed by atoms with Crippen molar-refractivity contribution in [2.75, 3.05) is 0 Å². The van der Waals surface area contributed by atoms with Crippen LogP contribution < -0.4 is 5.73 Å². The van der Waals surface area contributed by atoms with Crippen LogP contribution in [0.25, 0.3) is 0 Å². The summed E-state index contributed by atoms with van der Waals surface area (Å²) in [6.07, 6.45) is 5.31. The number of ether oxygens (including phenoxy) is 1. The van der Waals surface area contributed by atoms with Gasteiger partial charge >= 0.3 is 6.09 Å². The molecule has 0 saturated heterocycles. The van der Waals surface area contributed by atoms with Crippen molar-refractivity contribution in [2.45, 2.75) is 65.4 Å². The number of hydrogen-bond acceptors (Lipinski definition) is 3. The van der Waals surface area contributed by atoms with Gasteiger partial charge in [0.05, 0.1) is 6.07 Å². The first-order valence-corrected chi connectivity index (χ1v) is 6.60. The summed E-state index contributed by atoms with van der Waals surface area (Å²) in [5.41, 5.74) is 4.26. The minimum absolute atomic E-state index is 0.453. The summed E-state index contributed by atoms with van der Waals surface area (Å²) in [7, 11) is 0. The Hall–Kier alpha value is -1.24. The molecule has 1 rings (SSSR count). The van der Waals surface area contributed by atoms with E-state index in [-0.39, 0.29) is 0 Å². The molecule has 4 heteroatoms. The molecule has 1 fully saturated rings. The van der Waals surface area contributed by atoms with Gasteiger partial charge in [-0.3, -0.25) is 0 Å². The van der Waals surface area contributed by atoms with E-state index in [1.807, 2.05) is 0 Å². The molecule has 1 saturated carbocycles. The quantitative estimate of drug-likeness (QED) is 0.776. The van der Waals surface area contributed by atoms with E-state index in [4.69, 9.17) is 11.0 Å². The molecule has 0 heterocycles. The lowest BCUT2D eigenvalue weighted by Crippen LogP contribution is -2.27. The summed E-state index contributed by atoms with van der Waals surface area (Å²) >= 11 is 0. The van der Waals surface area contributed by atoms with Crippen LogP contribution in [0.2, 0.25) is 0 Å². The van der Waals surface area contributed by atoms with E-state index in [9.17, 15) is 4.79 Å². The molecule has 0 bridgehead atoms. The van der Waals surface area contributed by atoms with Gasteiger partial charge in [-0.1, -0.05) is 19.8 Å². The first-order chi connectivity index (χ1) is 8.24. The summed E-state index contributed by atoms with van der Waals surface area (Å²) in [4.78, 5) is 10.0. The molecule has 0 aromatic rings. The number of hydrogen-bond donors (Lipinski definition) is 1. The molecular weight excluding hydrogens is 228 g/mol. The second kappa shape index (κ2) is 7.97. The van der Waals surface area contributed by atoms with Crippen LogP contribution in [-0.2, 0) is 4.74 Å². The Morgan fingerprint density at radius 2 is 1.83 bits per heavy atom. The van der Waals surface area contributed by atoms with Gasteiger partial charge in [-0.05, 0) is 45.4 Å². The Morgan fingerprint density at radius 1 is 1.33 bits per heavy atom. The third-order valence-corrected chi connectivity index (χ3v) is 2.92. The highest BCUT2D eigenvalue weighted by atomic mass is 16.6. The predicted molar refractivity (Wildman–Crippen MR) is 71.8 cm³/mol. The summed E-state index contributed by atoms with van der Waals surface area (Å²) in [5, 5.41) is 8.43. The molecule has 1 aliphatic rings. The fourth-order valence-electron chi connectivity index (χ4n) is 1.96. The van der Waals surface area contributed by atoms with Gasteiger partial charge in [-0.25, -0.2) is 4.79 Å². The van der Waals surface area contributed by atoms with Crippen LogP contribution in [0.3, 0.4) is 0 Å². The Kier molecular flexibility index (Phi) is 7.42. The molecule has 0 atom stereocenters. The zero-order valence-electron chi connectivity index (χ0n) is 12.0. The Bertz CT molecular complexity index is 281. The van der Waals surface area contributed by atoms with E-state index in [2.05, 4.69) is 17.7 Å². The van der Waals surface area contributed by atoms with Gasteiger partial charge in [0, 0.05) is 6.42 Å². The lowest BCUT2D eigenvalue weighted by Gasteiger charge is -2.23. The average molecular weight is 254 g/mol. The standard InChI is InChI=1S/C9H15N.C5H11NO2/c1-8-2-4-9(5-3-8)6-7-10;1-5(2,3)8-4(6)7/h8-9H,2-6H2,1H3;1-3H3,(H2,6,7). The van der Waals surface area contributed by atoms with Crippen molar-refractivity contribution >= 4 is 6.09 Å². The number of primary amides is 1. The number of amides is 1. The second-order valence-electron chi connectivity index (χ2n) is 6.02. The van der Waals surface area contributed by atoms with E-state index >= 15 is 0 Å². The van der Waals surface area contributed by atoms with Crippen LogP contribution in [0.5, 0.6) is 0 Å². The predicted octanol–water partition coefficient (Wildman–Crippen LogP) is 3.61. The zero-order chi connectivity index (χ0) is 14.2. The highest BCUT2D eigenvalue weighted by Gasteiger charge is 2.17. The molecule has 1 amide bonds. The van der Waals surface area contributed by atoms with Crippen molar-refractivity contribution in [1.82, 2.24) is 0 Å². The molecule has 0 unspecified atom stereocenters. The lowest BCUT2D eigenvalue weighted by atomic mass is 9.82. The third-order valence-electron chi connectivity index (χ3n) is 2.92. The molecule has 18 heavy (non-hydrogen) atoms. The Labute approximate surface area is 110 Å². The van der Waals surface area contributed by atoms with Crippen molar-refractivity contribution < 1.29 is 9.53 Å². The van der Waals surface area contributed by atoms with Crippen LogP contribution in [0.1, 0.15) is 59.8 Å². The number of nitrogens with two attached hydrogens (primary N) is 1. The van der Waals surface area contributed by atoms with E-state index in [0.29, 0.717) is 0 Å². The van der Waals surface area contributed by atoms with Crippen molar-refractivity contribution in [3.63, 3.8) is 0 Å². The average Bonchev–Trinajstić information content (AvgIpc) is 2.19. The molecule has 4 nitrogen and oxygen atoms in total. The van der Waals surface area contributed by atoms with Crippen LogP contribution >= 0.6 is 0 Å². The van der Waals surface area contributed by atoms with Gasteiger partial charge in [0.1, 0.15) is 5.60 Å². The van der Waals surface area contributed by atoms with Crippen molar-refractivity contribution in [2.24, 2.45) is 17.6 Å². The van der Waals surface area contributed by atoms with Gasteiger partial charge in [0.15, 0.2) is 0 Å². The number of nitrogens with zero attached hydrogens (tertiary/aromatic N) is 1. The van der Waals surface area contributed by atoms with Gasteiger partial charge in [-0.15, -0.1) is 0 Å². The van der Waals surface area contributed by atoms with Crippen molar-refractivity contribution in [3.05, 3.63) is 0 Å². The highest BCUT2D eigenvalue weighted by molar-refractivity contribution is 5.65. The van der Waals surface area contributed by atoms with Crippen LogP contribution in [0.15, 0.2) is 0 Å². The Morgan fingerprint density at radius 3 is 2.11 bits per heavy atom. The largest absolute Gasteiger partial charge is 0.444 e. The molecular formula is C14H26N2O2. The monoisotopic (exact) mass is 254 g/mol. The second-order valence-corrected chi connectivity index (χ2v) is 6.02. The number of nitriles is 1. The first kappa shape index (κ1) is 16.8. The molecule has 0 aromatic carbocycles. The van der Waals surface area contributed by atoms with E-state index in [1.54, 1.807) is 20.8 Å². The number of rotatable bonds is 1. The maximum atomic E-state index is 10.0. The lowest BCUT2D eigenvalue weighted by molar-refractivity contribution is 0.0600. The van der Waals surface area contributed by atoms with Crippen molar-refractivity contribution in [1.29, 1.82) is 5.26 Å². The highest BCUT2D eigenvalue weighted by Crippen LogP contribution is 2.29.